The van der Waals surface area contributed by atoms with Crippen LogP contribution in [0, 0.1) is 0 Å². The number of carbonyl (C=O) groups excluding carboxylic acids is 2. The van der Waals surface area contributed by atoms with Crippen LogP contribution in [0.2, 0.25) is 0 Å². The van der Waals surface area contributed by atoms with Crippen LogP contribution in [0.5, 0.6) is 5.75 Å². The molecule has 0 radical (unpaired) electrons. The van der Waals surface area contributed by atoms with Gasteiger partial charge in [-0.15, -0.1) is 0 Å². The summed E-state index contributed by atoms with van der Waals surface area (Å²) < 4.78 is 5.71. The van der Waals surface area contributed by atoms with Crippen molar-refractivity contribution in [3.8, 4) is 5.75 Å². The van der Waals surface area contributed by atoms with Crippen molar-refractivity contribution in [2.45, 2.75) is 70.1 Å². The number of benzene rings is 1. The molecule has 3 rings (SSSR count). The van der Waals surface area contributed by atoms with Gasteiger partial charge in [-0.3, -0.25) is 9.59 Å². The predicted octanol–water partition coefficient (Wildman–Crippen LogP) is 2.39. The van der Waals surface area contributed by atoms with Gasteiger partial charge < -0.3 is 20.3 Å². The summed E-state index contributed by atoms with van der Waals surface area (Å²) in [5, 5.41) is 6.55. The van der Waals surface area contributed by atoms with Crippen LogP contribution in [0.4, 0.5) is 0 Å². The van der Waals surface area contributed by atoms with Gasteiger partial charge in [-0.2, -0.15) is 0 Å². The van der Waals surface area contributed by atoms with Crippen molar-refractivity contribution in [1.82, 2.24) is 15.5 Å². The zero-order valence-electron chi connectivity index (χ0n) is 16.5. The SMILES string of the molecule is CCOc1ccccc1C(CC(=O)N(C)C1CC2CCC(C1)N2)NC(C)=O. The van der Waals surface area contributed by atoms with E-state index in [2.05, 4.69) is 10.6 Å². The number of nitrogens with zero attached hydrogens (tertiary/aromatic N) is 1. The number of fused-ring (bicyclic) bond motifs is 2. The Morgan fingerprint density at radius 2 is 1.93 bits per heavy atom. The lowest BCUT2D eigenvalue weighted by Crippen LogP contribution is -2.49. The van der Waals surface area contributed by atoms with Gasteiger partial charge in [0.2, 0.25) is 11.8 Å². The molecule has 2 heterocycles. The van der Waals surface area contributed by atoms with E-state index in [1.807, 2.05) is 43.1 Å². The molecule has 6 nitrogen and oxygen atoms in total. The fraction of sp³-hybridized carbons (Fsp3) is 0.619. The van der Waals surface area contributed by atoms with Gasteiger partial charge in [0.05, 0.1) is 19.1 Å². The molecule has 148 valence electrons. The number of amides is 2. The number of hydrogen-bond acceptors (Lipinski definition) is 4. The van der Waals surface area contributed by atoms with Crippen LogP contribution in [-0.4, -0.2) is 48.5 Å². The fourth-order valence-corrected chi connectivity index (χ4v) is 4.41. The van der Waals surface area contributed by atoms with Crippen LogP contribution in [0.15, 0.2) is 24.3 Å². The van der Waals surface area contributed by atoms with E-state index in [1.165, 1.54) is 19.8 Å². The maximum atomic E-state index is 13.0. The Kier molecular flexibility index (Phi) is 6.37. The van der Waals surface area contributed by atoms with E-state index in [1.54, 1.807) is 0 Å². The average molecular weight is 373 g/mol. The molecule has 27 heavy (non-hydrogen) atoms. The van der Waals surface area contributed by atoms with E-state index in [4.69, 9.17) is 4.74 Å². The number of para-hydroxylation sites is 1. The number of hydrogen-bond donors (Lipinski definition) is 2. The summed E-state index contributed by atoms with van der Waals surface area (Å²) in [4.78, 5) is 26.7. The summed E-state index contributed by atoms with van der Waals surface area (Å²) in [6.07, 6.45) is 4.68. The molecule has 2 bridgehead atoms. The zero-order valence-corrected chi connectivity index (χ0v) is 16.5. The Hall–Kier alpha value is -2.08. The first-order valence-electron chi connectivity index (χ1n) is 9.98. The highest BCUT2D eigenvalue weighted by molar-refractivity contribution is 5.79. The minimum absolute atomic E-state index is 0.0614. The quantitative estimate of drug-likeness (QED) is 0.770. The molecule has 0 saturated carbocycles. The van der Waals surface area contributed by atoms with Gasteiger partial charge in [-0.05, 0) is 38.7 Å². The zero-order chi connectivity index (χ0) is 19.4. The Labute approximate surface area is 161 Å². The number of carbonyl (C=O) groups is 2. The van der Waals surface area contributed by atoms with Crippen molar-refractivity contribution in [2.24, 2.45) is 0 Å². The lowest BCUT2D eigenvalue weighted by Gasteiger charge is -2.36. The molecule has 2 saturated heterocycles. The largest absolute Gasteiger partial charge is 0.494 e. The van der Waals surface area contributed by atoms with E-state index in [-0.39, 0.29) is 24.3 Å². The highest BCUT2D eigenvalue weighted by Crippen LogP contribution is 2.31. The third-order valence-corrected chi connectivity index (χ3v) is 5.74. The number of nitrogens with one attached hydrogen (secondary N) is 2. The molecule has 2 amide bonds. The maximum absolute atomic E-state index is 13.0. The topological polar surface area (TPSA) is 70.7 Å². The summed E-state index contributed by atoms with van der Waals surface area (Å²) in [6.45, 7) is 3.94. The Bertz CT molecular complexity index is 666. The van der Waals surface area contributed by atoms with Crippen molar-refractivity contribution in [3.63, 3.8) is 0 Å². The molecule has 6 heteroatoms. The molecule has 3 atom stereocenters. The van der Waals surface area contributed by atoms with E-state index >= 15 is 0 Å². The molecule has 0 aromatic heterocycles. The first-order chi connectivity index (χ1) is 13.0. The van der Waals surface area contributed by atoms with Crippen molar-refractivity contribution in [2.75, 3.05) is 13.7 Å². The van der Waals surface area contributed by atoms with Gasteiger partial charge in [0.25, 0.3) is 0 Å². The summed E-state index contributed by atoms with van der Waals surface area (Å²) in [7, 11) is 1.90. The van der Waals surface area contributed by atoms with Gasteiger partial charge in [0.15, 0.2) is 0 Å². The van der Waals surface area contributed by atoms with Crippen molar-refractivity contribution < 1.29 is 14.3 Å². The number of piperidine rings is 1. The van der Waals surface area contributed by atoms with Crippen LogP contribution in [0.3, 0.4) is 0 Å². The fourth-order valence-electron chi connectivity index (χ4n) is 4.41. The summed E-state index contributed by atoms with van der Waals surface area (Å²) in [5.41, 5.74) is 0.849. The van der Waals surface area contributed by atoms with Crippen LogP contribution in [0.1, 0.15) is 57.6 Å². The average Bonchev–Trinajstić information content (AvgIpc) is 2.98. The molecule has 2 N–H and O–H groups in total. The molecule has 2 aliphatic rings. The molecule has 0 aliphatic carbocycles. The standard InChI is InChI=1S/C21H31N3O3/c1-4-27-20-8-6-5-7-18(20)19(22-14(2)25)13-21(26)24(3)17-11-15-9-10-16(12-17)23-15/h5-8,15-17,19,23H,4,9-13H2,1-3H3,(H,22,25). The van der Waals surface area contributed by atoms with E-state index in [0.717, 1.165) is 18.4 Å². The van der Waals surface area contributed by atoms with Gasteiger partial charge in [-0.25, -0.2) is 0 Å². The number of ether oxygens (including phenoxy) is 1. The highest BCUT2D eigenvalue weighted by Gasteiger charge is 2.36. The monoisotopic (exact) mass is 373 g/mol. The van der Waals surface area contributed by atoms with Gasteiger partial charge in [0.1, 0.15) is 5.75 Å². The third kappa shape index (κ3) is 4.80. The second-order valence-electron chi connectivity index (χ2n) is 7.70. The van der Waals surface area contributed by atoms with Crippen LogP contribution < -0.4 is 15.4 Å². The number of rotatable bonds is 7. The van der Waals surface area contributed by atoms with Gasteiger partial charge >= 0.3 is 0 Å². The molecule has 0 spiro atoms. The lowest BCUT2D eigenvalue weighted by atomic mass is 9.97. The van der Waals surface area contributed by atoms with E-state index in [9.17, 15) is 9.59 Å². The summed E-state index contributed by atoms with van der Waals surface area (Å²) in [6, 6.07) is 8.57. The van der Waals surface area contributed by atoms with E-state index in [0.29, 0.717) is 24.4 Å². The Balaban J connectivity index is 1.72. The molecule has 2 aliphatic heterocycles. The second kappa shape index (κ2) is 8.74. The minimum Gasteiger partial charge on any atom is -0.494 e. The molecule has 1 aromatic carbocycles. The molecule has 1 aromatic rings. The molecular weight excluding hydrogens is 342 g/mol. The molecule has 3 unspecified atom stereocenters. The highest BCUT2D eigenvalue weighted by atomic mass is 16.5. The van der Waals surface area contributed by atoms with Crippen molar-refractivity contribution in [1.29, 1.82) is 0 Å². The Morgan fingerprint density at radius 3 is 2.56 bits per heavy atom. The third-order valence-electron chi connectivity index (χ3n) is 5.74. The first-order valence-corrected chi connectivity index (χ1v) is 9.98. The first kappa shape index (κ1) is 19.7. The van der Waals surface area contributed by atoms with Gasteiger partial charge in [-0.1, -0.05) is 18.2 Å². The van der Waals surface area contributed by atoms with Crippen LogP contribution >= 0.6 is 0 Å². The van der Waals surface area contributed by atoms with E-state index < -0.39 is 6.04 Å². The normalized spacial score (nSPS) is 24.9. The van der Waals surface area contributed by atoms with Crippen LogP contribution in [0.25, 0.3) is 0 Å². The van der Waals surface area contributed by atoms with Crippen LogP contribution in [-0.2, 0) is 9.59 Å². The maximum Gasteiger partial charge on any atom is 0.224 e. The second-order valence-corrected chi connectivity index (χ2v) is 7.70. The summed E-state index contributed by atoms with van der Waals surface area (Å²) >= 11 is 0. The van der Waals surface area contributed by atoms with Crippen molar-refractivity contribution >= 4 is 11.8 Å². The predicted molar refractivity (Wildman–Crippen MR) is 105 cm³/mol. The minimum atomic E-state index is -0.390. The lowest BCUT2D eigenvalue weighted by molar-refractivity contribution is -0.133. The summed E-state index contributed by atoms with van der Waals surface area (Å²) in [5.74, 6) is 0.627. The van der Waals surface area contributed by atoms with Crippen molar-refractivity contribution in [3.05, 3.63) is 29.8 Å². The van der Waals surface area contributed by atoms with Gasteiger partial charge in [0, 0.05) is 37.7 Å². The molecular formula is C21H31N3O3. The molecule has 2 fully saturated rings. The smallest absolute Gasteiger partial charge is 0.224 e. The Morgan fingerprint density at radius 1 is 1.26 bits per heavy atom.